The molecule has 6 heteroatoms. The molecule has 0 unspecified atom stereocenters. The quantitative estimate of drug-likeness (QED) is 0.510. The van der Waals surface area contributed by atoms with Crippen molar-refractivity contribution in [1.82, 2.24) is 0 Å². The first-order chi connectivity index (χ1) is 12.7. The van der Waals surface area contributed by atoms with Gasteiger partial charge in [-0.2, -0.15) is 0 Å². The topological polar surface area (TPSA) is 23.6 Å². The fourth-order valence-electron chi connectivity index (χ4n) is 2.93. The van der Waals surface area contributed by atoms with Crippen molar-refractivity contribution in [1.29, 1.82) is 0 Å². The Kier molecular flexibility index (Phi) is 4.89. The second kappa shape index (κ2) is 7.31. The van der Waals surface area contributed by atoms with Crippen LogP contribution in [0.3, 0.4) is 0 Å². The number of thiocarbonyl (C=S) groups is 1. The van der Waals surface area contributed by atoms with E-state index in [9.17, 15) is 4.79 Å². The van der Waals surface area contributed by atoms with Gasteiger partial charge in [0.25, 0.3) is 5.91 Å². The van der Waals surface area contributed by atoms with E-state index < -0.39 is 0 Å². The Bertz CT molecular complexity index is 937. The summed E-state index contributed by atoms with van der Waals surface area (Å²) in [7, 11) is 0. The van der Waals surface area contributed by atoms with Gasteiger partial charge < -0.3 is 4.90 Å². The summed E-state index contributed by atoms with van der Waals surface area (Å²) in [5, 5.41) is 1.12. The minimum atomic E-state index is -0.0633. The molecule has 0 atom stereocenters. The van der Waals surface area contributed by atoms with Crippen molar-refractivity contribution in [2.75, 3.05) is 16.3 Å². The van der Waals surface area contributed by atoms with Gasteiger partial charge in [0.2, 0.25) is 0 Å². The Morgan fingerprint density at radius 1 is 1.00 bits per heavy atom. The lowest BCUT2D eigenvalue weighted by Crippen LogP contribution is -2.27. The van der Waals surface area contributed by atoms with E-state index in [0.717, 1.165) is 17.3 Å². The van der Waals surface area contributed by atoms with Gasteiger partial charge in [0, 0.05) is 11.4 Å². The van der Waals surface area contributed by atoms with Crippen molar-refractivity contribution >= 4 is 57.3 Å². The van der Waals surface area contributed by atoms with Crippen LogP contribution in [0, 0.1) is 0 Å². The molecule has 1 fully saturated rings. The third-order valence-corrected chi connectivity index (χ3v) is 6.59. The van der Waals surface area contributed by atoms with Crippen LogP contribution in [0.4, 0.5) is 11.4 Å². The van der Waals surface area contributed by atoms with Crippen molar-refractivity contribution < 1.29 is 4.79 Å². The van der Waals surface area contributed by atoms with Crippen molar-refractivity contribution in [3.8, 4) is 0 Å². The van der Waals surface area contributed by atoms with Crippen LogP contribution in [0.1, 0.15) is 6.92 Å². The number of nitrogens with zero attached hydrogens (tertiary/aromatic N) is 2. The van der Waals surface area contributed by atoms with Crippen molar-refractivity contribution in [2.45, 2.75) is 11.8 Å². The average molecular weight is 397 g/mol. The summed E-state index contributed by atoms with van der Waals surface area (Å²) >= 11 is 8.50. The van der Waals surface area contributed by atoms with Crippen LogP contribution in [0.25, 0.3) is 0 Å². The van der Waals surface area contributed by atoms with Gasteiger partial charge in [0.1, 0.15) is 0 Å². The van der Waals surface area contributed by atoms with Gasteiger partial charge in [-0.05, 0) is 43.3 Å². The zero-order valence-corrected chi connectivity index (χ0v) is 16.5. The highest BCUT2D eigenvalue weighted by atomic mass is 32.2. The van der Waals surface area contributed by atoms with Gasteiger partial charge in [-0.15, -0.1) is 0 Å². The Hall–Kier alpha value is -2.02. The lowest BCUT2D eigenvalue weighted by molar-refractivity contribution is -0.113. The van der Waals surface area contributed by atoms with Crippen LogP contribution >= 0.6 is 35.7 Å². The fourth-order valence-corrected chi connectivity index (χ4v) is 5.30. The number of thioether (sulfide) groups is 2. The van der Waals surface area contributed by atoms with Crippen LogP contribution < -0.4 is 9.80 Å². The first kappa shape index (κ1) is 17.4. The number of anilines is 2. The SMILES string of the molecule is CCN1/C(=C/C=C2\SC(=S)N(c3ccccc3)C2=O)Sc2ccccc21. The van der Waals surface area contributed by atoms with Crippen molar-refractivity contribution in [3.63, 3.8) is 0 Å². The zero-order chi connectivity index (χ0) is 18.1. The van der Waals surface area contributed by atoms with Gasteiger partial charge in [-0.1, -0.05) is 66.1 Å². The Labute approximate surface area is 166 Å². The molecular weight excluding hydrogens is 380 g/mol. The molecule has 4 rings (SSSR count). The number of para-hydroxylation sites is 2. The number of allylic oxidation sites excluding steroid dienone is 2. The maximum atomic E-state index is 12.8. The Balaban J connectivity index is 1.61. The molecule has 2 heterocycles. The van der Waals surface area contributed by atoms with E-state index >= 15 is 0 Å². The lowest BCUT2D eigenvalue weighted by Gasteiger charge is -2.17. The third-order valence-electron chi connectivity index (χ3n) is 4.14. The van der Waals surface area contributed by atoms with Crippen LogP contribution in [-0.4, -0.2) is 16.8 Å². The number of hydrogen-bond donors (Lipinski definition) is 0. The minimum Gasteiger partial charge on any atom is -0.335 e. The van der Waals surface area contributed by atoms with E-state index in [2.05, 4.69) is 30.0 Å². The van der Waals surface area contributed by atoms with Gasteiger partial charge >= 0.3 is 0 Å². The lowest BCUT2D eigenvalue weighted by atomic mass is 10.3. The third kappa shape index (κ3) is 3.09. The summed E-state index contributed by atoms with van der Waals surface area (Å²) < 4.78 is 0.570. The van der Waals surface area contributed by atoms with Crippen molar-refractivity contribution in [3.05, 3.63) is 76.7 Å². The van der Waals surface area contributed by atoms with E-state index in [1.165, 1.54) is 22.3 Å². The zero-order valence-electron chi connectivity index (χ0n) is 14.1. The second-order valence-electron chi connectivity index (χ2n) is 5.69. The molecule has 1 amide bonds. The van der Waals surface area contributed by atoms with E-state index in [0.29, 0.717) is 9.23 Å². The summed E-state index contributed by atoms with van der Waals surface area (Å²) in [6.45, 7) is 3.01. The summed E-state index contributed by atoms with van der Waals surface area (Å²) in [6, 6.07) is 17.9. The minimum absolute atomic E-state index is 0.0633. The molecule has 0 radical (unpaired) electrons. The molecular formula is C20H16N2OS3. The predicted molar refractivity (Wildman–Crippen MR) is 116 cm³/mol. The molecule has 0 aromatic heterocycles. The number of fused-ring (bicyclic) bond motifs is 1. The standard InChI is InChI=1S/C20H16N2OS3/c1-2-21-15-10-6-7-11-16(15)25-18(21)13-12-17-19(23)22(20(24)26-17)14-8-4-3-5-9-14/h3-13H,2H2,1H3/b17-12-,18-13-. The summed E-state index contributed by atoms with van der Waals surface area (Å²) in [5.74, 6) is -0.0633. The maximum Gasteiger partial charge on any atom is 0.270 e. The smallest absolute Gasteiger partial charge is 0.270 e. The van der Waals surface area contributed by atoms with Crippen LogP contribution in [0.2, 0.25) is 0 Å². The molecule has 0 aliphatic carbocycles. The molecule has 2 aromatic carbocycles. The summed E-state index contributed by atoms with van der Waals surface area (Å²) in [6.07, 6.45) is 3.91. The molecule has 0 bridgehead atoms. The van der Waals surface area contributed by atoms with Gasteiger partial charge in [-0.25, -0.2) is 0 Å². The first-order valence-corrected chi connectivity index (χ1v) is 10.3. The Morgan fingerprint density at radius 3 is 2.50 bits per heavy atom. The molecule has 2 aliphatic rings. The molecule has 26 heavy (non-hydrogen) atoms. The van der Waals surface area contributed by atoms with Gasteiger partial charge in [-0.3, -0.25) is 9.69 Å². The highest BCUT2D eigenvalue weighted by Crippen LogP contribution is 2.45. The van der Waals surface area contributed by atoms with Gasteiger partial charge in [0.05, 0.1) is 21.3 Å². The number of rotatable bonds is 3. The molecule has 2 aliphatic heterocycles. The molecule has 0 saturated carbocycles. The molecule has 130 valence electrons. The number of hydrogen-bond acceptors (Lipinski definition) is 5. The number of benzene rings is 2. The number of carbonyl (C=O) groups excluding carboxylic acids is 1. The van der Waals surface area contributed by atoms with E-state index in [1.54, 1.807) is 16.7 Å². The normalized spacial score (nSPS) is 19.7. The van der Waals surface area contributed by atoms with Crippen LogP contribution in [0.15, 0.2) is 81.6 Å². The van der Waals surface area contributed by atoms with E-state index in [4.69, 9.17) is 12.2 Å². The summed E-state index contributed by atoms with van der Waals surface area (Å²) in [5.41, 5.74) is 2.03. The molecule has 0 spiro atoms. The van der Waals surface area contributed by atoms with E-state index in [-0.39, 0.29) is 5.91 Å². The number of carbonyl (C=O) groups is 1. The summed E-state index contributed by atoms with van der Waals surface area (Å²) in [4.78, 5) is 18.5. The largest absolute Gasteiger partial charge is 0.335 e. The first-order valence-electron chi connectivity index (χ1n) is 8.26. The fraction of sp³-hybridized carbons (Fsp3) is 0.100. The highest BCUT2D eigenvalue weighted by Gasteiger charge is 2.33. The second-order valence-corrected chi connectivity index (χ2v) is 8.43. The monoisotopic (exact) mass is 396 g/mol. The average Bonchev–Trinajstić information content (AvgIpc) is 3.16. The molecule has 3 nitrogen and oxygen atoms in total. The molecule has 2 aromatic rings. The van der Waals surface area contributed by atoms with Gasteiger partial charge in [0.15, 0.2) is 4.32 Å². The number of amides is 1. The van der Waals surface area contributed by atoms with Crippen LogP contribution in [-0.2, 0) is 4.79 Å². The van der Waals surface area contributed by atoms with Crippen molar-refractivity contribution in [2.24, 2.45) is 0 Å². The van der Waals surface area contributed by atoms with Crippen LogP contribution in [0.5, 0.6) is 0 Å². The Morgan fingerprint density at radius 2 is 1.73 bits per heavy atom. The van der Waals surface area contributed by atoms with E-state index in [1.807, 2.05) is 48.6 Å². The highest BCUT2D eigenvalue weighted by molar-refractivity contribution is 8.27. The maximum absolute atomic E-state index is 12.8. The predicted octanol–water partition coefficient (Wildman–Crippen LogP) is 5.41. The molecule has 0 N–H and O–H groups in total. The molecule has 1 saturated heterocycles.